The summed E-state index contributed by atoms with van der Waals surface area (Å²) in [5.41, 5.74) is 5.09. The van der Waals surface area contributed by atoms with Gasteiger partial charge in [-0.3, -0.25) is 4.79 Å². The highest BCUT2D eigenvalue weighted by atomic mass is 16.7. The molecule has 2 rings (SSSR count). The lowest BCUT2D eigenvalue weighted by atomic mass is 10.1. The summed E-state index contributed by atoms with van der Waals surface area (Å²) in [6, 6.07) is 0. The smallest absolute Gasteiger partial charge is 0.232 e. The Morgan fingerprint density at radius 1 is 1.64 bits per heavy atom. The van der Waals surface area contributed by atoms with Gasteiger partial charge in [-0.25, -0.2) is 0 Å². The van der Waals surface area contributed by atoms with E-state index in [1.165, 1.54) is 0 Å². The number of rotatable bonds is 1. The molecule has 4 heteroatoms. The second kappa shape index (κ2) is 2.02. The van der Waals surface area contributed by atoms with Crippen LogP contribution in [0.2, 0.25) is 0 Å². The van der Waals surface area contributed by atoms with Gasteiger partial charge in [-0.15, -0.1) is 0 Å². The fourth-order valence-corrected chi connectivity index (χ4v) is 1.17. The number of amides is 1. The number of ether oxygens (including phenoxy) is 2. The van der Waals surface area contributed by atoms with E-state index in [9.17, 15) is 4.79 Å². The van der Waals surface area contributed by atoms with E-state index in [1.807, 2.05) is 0 Å². The van der Waals surface area contributed by atoms with Crippen LogP contribution in [0.5, 0.6) is 0 Å². The van der Waals surface area contributed by atoms with Gasteiger partial charge in [0.2, 0.25) is 12.7 Å². The van der Waals surface area contributed by atoms with Gasteiger partial charge in [0.25, 0.3) is 0 Å². The van der Waals surface area contributed by atoms with Gasteiger partial charge in [0.1, 0.15) is 5.92 Å². The third kappa shape index (κ3) is 0.790. The molecule has 2 aliphatic rings. The number of nitrogens with two attached hydrogens (primary N) is 1. The molecule has 1 unspecified atom stereocenters. The van der Waals surface area contributed by atoms with Crippen molar-refractivity contribution in [1.82, 2.24) is 0 Å². The fraction of sp³-hybridized carbons (Fsp3) is 0.286. The second-order valence-electron chi connectivity index (χ2n) is 2.37. The molecule has 0 aromatic heterocycles. The van der Waals surface area contributed by atoms with Crippen LogP contribution in [0.1, 0.15) is 0 Å². The van der Waals surface area contributed by atoms with E-state index in [0.29, 0.717) is 11.5 Å². The molecule has 1 amide bonds. The summed E-state index contributed by atoms with van der Waals surface area (Å²) in [5.74, 6) is 0.357. The maximum Gasteiger partial charge on any atom is 0.232 e. The Morgan fingerprint density at radius 3 is 3.18 bits per heavy atom. The lowest BCUT2D eigenvalue weighted by molar-refractivity contribution is -0.120. The molecule has 1 aliphatic heterocycles. The highest BCUT2D eigenvalue weighted by molar-refractivity contribution is 5.82. The van der Waals surface area contributed by atoms with Gasteiger partial charge in [0, 0.05) is 0 Å². The number of hydrogen-bond donors (Lipinski definition) is 1. The van der Waals surface area contributed by atoms with Crippen molar-refractivity contribution >= 4 is 5.91 Å². The van der Waals surface area contributed by atoms with Crippen molar-refractivity contribution in [1.29, 1.82) is 0 Å². The molecular weight excluding hydrogens is 146 g/mol. The second-order valence-corrected chi connectivity index (χ2v) is 2.37. The van der Waals surface area contributed by atoms with Crippen molar-refractivity contribution in [2.75, 3.05) is 6.79 Å². The normalized spacial score (nSPS) is 26.4. The Labute approximate surface area is 63.3 Å². The van der Waals surface area contributed by atoms with Crippen molar-refractivity contribution in [3.05, 3.63) is 23.7 Å². The minimum absolute atomic E-state index is 0.193. The predicted octanol–water partition coefficient (Wildman–Crippen LogP) is -0.126. The van der Waals surface area contributed by atoms with Crippen LogP contribution in [0.15, 0.2) is 23.7 Å². The fourth-order valence-electron chi connectivity index (χ4n) is 1.17. The third-order valence-electron chi connectivity index (χ3n) is 1.70. The van der Waals surface area contributed by atoms with Crippen LogP contribution >= 0.6 is 0 Å². The molecule has 4 nitrogen and oxygen atoms in total. The molecule has 1 heterocycles. The Balaban J connectivity index is 2.29. The van der Waals surface area contributed by atoms with Crippen molar-refractivity contribution in [3.8, 4) is 0 Å². The zero-order chi connectivity index (χ0) is 7.84. The number of carbonyl (C=O) groups is 1. The summed E-state index contributed by atoms with van der Waals surface area (Å²) in [5, 5.41) is 0. The zero-order valence-electron chi connectivity index (χ0n) is 5.74. The lowest BCUT2D eigenvalue weighted by Gasteiger charge is -2.04. The van der Waals surface area contributed by atoms with Gasteiger partial charge in [-0.05, 0) is 6.08 Å². The van der Waals surface area contributed by atoms with Crippen LogP contribution in [-0.2, 0) is 14.3 Å². The Morgan fingerprint density at radius 2 is 2.45 bits per heavy atom. The van der Waals surface area contributed by atoms with Crippen LogP contribution in [0.3, 0.4) is 0 Å². The standard InChI is InChI=1S/C7H7NO3/c8-7(9)4-1-2-5-6(4)11-3-10-5/h1-2,4H,3H2,(H2,8,9). The monoisotopic (exact) mass is 153 g/mol. The molecule has 0 aromatic carbocycles. The molecule has 11 heavy (non-hydrogen) atoms. The highest BCUT2D eigenvalue weighted by Crippen LogP contribution is 2.31. The lowest BCUT2D eigenvalue weighted by Crippen LogP contribution is -2.22. The average molecular weight is 153 g/mol. The van der Waals surface area contributed by atoms with E-state index in [2.05, 4.69) is 0 Å². The molecule has 0 aromatic rings. The first-order valence-electron chi connectivity index (χ1n) is 3.26. The molecule has 0 spiro atoms. The van der Waals surface area contributed by atoms with Gasteiger partial charge in [-0.2, -0.15) is 0 Å². The van der Waals surface area contributed by atoms with Gasteiger partial charge in [0.05, 0.1) is 0 Å². The average Bonchev–Trinajstić information content (AvgIpc) is 2.41. The van der Waals surface area contributed by atoms with E-state index in [-0.39, 0.29) is 6.79 Å². The molecule has 2 N–H and O–H groups in total. The first kappa shape index (κ1) is 6.27. The maximum absolute atomic E-state index is 10.7. The van der Waals surface area contributed by atoms with Crippen LogP contribution < -0.4 is 5.73 Å². The van der Waals surface area contributed by atoms with E-state index >= 15 is 0 Å². The summed E-state index contributed by atoms with van der Waals surface area (Å²) in [4.78, 5) is 10.7. The molecule has 0 saturated heterocycles. The quantitative estimate of drug-likeness (QED) is 0.571. The van der Waals surface area contributed by atoms with E-state index in [4.69, 9.17) is 15.2 Å². The molecule has 1 aliphatic carbocycles. The molecule has 0 saturated carbocycles. The number of carbonyl (C=O) groups excluding carboxylic acids is 1. The summed E-state index contributed by atoms with van der Waals surface area (Å²) < 4.78 is 10.1. The number of allylic oxidation sites excluding steroid dienone is 1. The summed E-state index contributed by atoms with van der Waals surface area (Å²) in [7, 11) is 0. The Hall–Kier alpha value is -1.45. The van der Waals surface area contributed by atoms with Crippen molar-refractivity contribution in [2.45, 2.75) is 0 Å². The van der Waals surface area contributed by atoms with Crippen molar-refractivity contribution < 1.29 is 14.3 Å². The largest absolute Gasteiger partial charge is 0.457 e. The topological polar surface area (TPSA) is 61.6 Å². The first-order chi connectivity index (χ1) is 5.29. The minimum Gasteiger partial charge on any atom is -0.457 e. The summed E-state index contributed by atoms with van der Waals surface area (Å²) in [6.45, 7) is 0.193. The van der Waals surface area contributed by atoms with Crippen molar-refractivity contribution in [3.63, 3.8) is 0 Å². The van der Waals surface area contributed by atoms with E-state index in [1.54, 1.807) is 12.2 Å². The Bertz CT molecular complexity index is 267. The van der Waals surface area contributed by atoms with Crippen molar-refractivity contribution in [2.24, 2.45) is 11.7 Å². The molecule has 0 bridgehead atoms. The highest BCUT2D eigenvalue weighted by Gasteiger charge is 2.31. The van der Waals surface area contributed by atoms with Crippen LogP contribution in [0.25, 0.3) is 0 Å². The van der Waals surface area contributed by atoms with Gasteiger partial charge >= 0.3 is 0 Å². The van der Waals surface area contributed by atoms with Gasteiger partial charge in [-0.1, -0.05) is 6.08 Å². The molecule has 0 radical (unpaired) electrons. The Kier molecular flexibility index (Phi) is 1.15. The number of primary amides is 1. The first-order valence-corrected chi connectivity index (χ1v) is 3.26. The molecular formula is C7H7NO3. The molecule has 58 valence electrons. The van der Waals surface area contributed by atoms with Crippen LogP contribution in [0, 0.1) is 5.92 Å². The molecule has 0 fully saturated rings. The van der Waals surface area contributed by atoms with Crippen LogP contribution in [-0.4, -0.2) is 12.7 Å². The minimum atomic E-state index is -0.424. The predicted molar refractivity (Wildman–Crippen MR) is 35.9 cm³/mol. The third-order valence-corrected chi connectivity index (χ3v) is 1.70. The summed E-state index contributed by atoms with van der Waals surface area (Å²) >= 11 is 0. The SMILES string of the molecule is NC(=O)C1C=CC2=C1OCO2. The van der Waals surface area contributed by atoms with E-state index in [0.717, 1.165) is 0 Å². The van der Waals surface area contributed by atoms with Gasteiger partial charge in [0.15, 0.2) is 11.5 Å². The number of hydrogen-bond acceptors (Lipinski definition) is 3. The summed E-state index contributed by atoms with van der Waals surface area (Å²) in [6.07, 6.45) is 3.38. The van der Waals surface area contributed by atoms with Crippen LogP contribution in [0.4, 0.5) is 0 Å². The molecule has 1 atom stereocenters. The van der Waals surface area contributed by atoms with E-state index < -0.39 is 11.8 Å². The maximum atomic E-state index is 10.7. The van der Waals surface area contributed by atoms with Gasteiger partial charge < -0.3 is 15.2 Å². The zero-order valence-corrected chi connectivity index (χ0v) is 5.74.